The highest BCUT2D eigenvalue weighted by molar-refractivity contribution is 6.31. The second kappa shape index (κ2) is 9.72. The molecule has 9 heteroatoms. The van der Waals surface area contributed by atoms with Gasteiger partial charge in [0.25, 0.3) is 11.5 Å². The first-order chi connectivity index (χ1) is 12.9. The monoisotopic (exact) mass is 393 g/mol. The van der Waals surface area contributed by atoms with Crippen molar-refractivity contribution < 1.29 is 19.1 Å². The number of amides is 1. The average molecular weight is 394 g/mol. The molecule has 0 atom stereocenters. The molecule has 0 aliphatic rings. The first-order valence-electron chi connectivity index (χ1n) is 8.33. The molecule has 0 bridgehead atoms. The van der Waals surface area contributed by atoms with Crippen LogP contribution in [0, 0.1) is 0 Å². The van der Waals surface area contributed by atoms with Crippen molar-refractivity contribution in [3.05, 3.63) is 51.4 Å². The lowest BCUT2D eigenvalue weighted by Crippen LogP contribution is -2.26. The number of benzene rings is 1. The molecular formula is C18H20ClN3O5. The summed E-state index contributed by atoms with van der Waals surface area (Å²) < 4.78 is 11.3. The Morgan fingerprint density at radius 2 is 2.04 bits per heavy atom. The average Bonchev–Trinajstić information content (AvgIpc) is 2.65. The van der Waals surface area contributed by atoms with Crippen LogP contribution in [0.25, 0.3) is 0 Å². The highest BCUT2D eigenvalue weighted by atomic mass is 35.5. The van der Waals surface area contributed by atoms with Crippen LogP contribution in [0.1, 0.15) is 30.3 Å². The Labute approximate surface area is 161 Å². The lowest BCUT2D eigenvalue weighted by atomic mass is 10.3. The number of esters is 1. The van der Waals surface area contributed by atoms with Crippen LogP contribution in [-0.2, 0) is 16.1 Å². The number of ether oxygens (including phenoxy) is 2. The maximum absolute atomic E-state index is 12.1. The fourth-order valence-corrected chi connectivity index (χ4v) is 2.37. The van der Waals surface area contributed by atoms with Gasteiger partial charge in [-0.1, -0.05) is 24.9 Å². The highest BCUT2D eigenvalue weighted by Gasteiger charge is 2.14. The maximum atomic E-state index is 12.1. The molecule has 0 saturated heterocycles. The summed E-state index contributed by atoms with van der Waals surface area (Å²) in [4.78, 5) is 35.8. The van der Waals surface area contributed by atoms with Crippen molar-refractivity contribution in [1.29, 1.82) is 0 Å². The maximum Gasteiger partial charge on any atom is 0.359 e. The van der Waals surface area contributed by atoms with Crippen molar-refractivity contribution in [3.8, 4) is 5.75 Å². The molecule has 0 fully saturated rings. The number of hydrogen-bond acceptors (Lipinski definition) is 6. The largest absolute Gasteiger partial charge is 0.495 e. The predicted molar refractivity (Wildman–Crippen MR) is 100 cm³/mol. The topological polar surface area (TPSA) is 99.5 Å². The minimum Gasteiger partial charge on any atom is -0.495 e. The van der Waals surface area contributed by atoms with Gasteiger partial charge in [0.15, 0.2) is 12.3 Å². The third-order valence-corrected chi connectivity index (χ3v) is 3.80. The molecular weight excluding hydrogens is 374 g/mol. The Kier molecular flexibility index (Phi) is 7.36. The zero-order valence-electron chi connectivity index (χ0n) is 15.0. The first-order valence-corrected chi connectivity index (χ1v) is 8.71. The van der Waals surface area contributed by atoms with Gasteiger partial charge in [-0.2, -0.15) is 5.10 Å². The summed E-state index contributed by atoms with van der Waals surface area (Å²) in [6.07, 6.45) is 1.64. The number of anilines is 1. The normalized spacial score (nSPS) is 10.3. The molecule has 0 unspecified atom stereocenters. The van der Waals surface area contributed by atoms with E-state index < -0.39 is 18.5 Å². The van der Waals surface area contributed by atoms with E-state index in [1.54, 1.807) is 12.1 Å². The van der Waals surface area contributed by atoms with E-state index in [0.29, 0.717) is 23.0 Å². The van der Waals surface area contributed by atoms with E-state index in [1.165, 1.54) is 30.0 Å². The van der Waals surface area contributed by atoms with Crippen LogP contribution in [0.2, 0.25) is 5.02 Å². The van der Waals surface area contributed by atoms with E-state index in [2.05, 4.69) is 10.4 Å². The molecule has 0 radical (unpaired) electrons. The number of carbonyl (C=O) groups excluding carboxylic acids is 2. The van der Waals surface area contributed by atoms with Gasteiger partial charge in [-0.25, -0.2) is 9.48 Å². The number of nitrogens with one attached hydrogen (secondary N) is 1. The fraction of sp³-hybridized carbons (Fsp3) is 0.333. The van der Waals surface area contributed by atoms with Gasteiger partial charge in [-0.15, -0.1) is 0 Å². The van der Waals surface area contributed by atoms with Crippen LogP contribution >= 0.6 is 11.6 Å². The molecule has 27 heavy (non-hydrogen) atoms. The van der Waals surface area contributed by atoms with E-state index in [9.17, 15) is 14.4 Å². The summed E-state index contributed by atoms with van der Waals surface area (Å²) in [6, 6.07) is 7.26. The van der Waals surface area contributed by atoms with Crippen LogP contribution in [0.5, 0.6) is 5.75 Å². The quantitative estimate of drug-likeness (QED) is 0.692. The summed E-state index contributed by atoms with van der Waals surface area (Å²) in [5.74, 6) is -0.944. The molecule has 2 rings (SSSR count). The molecule has 1 aromatic heterocycles. The van der Waals surface area contributed by atoms with E-state index in [-0.39, 0.29) is 11.3 Å². The SMILES string of the molecule is CCCCn1nc(C(=O)OCC(=O)Nc2cc(Cl)ccc2OC)ccc1=O. The van der Waals surface area contributed by atoms with Gasteiger partial charge in [0, 0.05) is 17.6 Å². The molecule has 0 spiro atoms. The Balaban J connectivity index is 1.98. The fourth-order valence-electron chi connectivity index (χ4n) is 2.20. The minimum absolute atomic E-state index is 0.0427. The number of methoxy groups -OCH3 is 1. The lowest BCUT2D eigenvalue weighted by Gasteiger charge is -2.11. The number of aryl methyl sites for hydroxylation is 1. The minimum atomic E-state index is -0.798. The van der Waals surface area contributed by atoms with Crippen molar-refractivity contribution in [3.63, 3.8) is 0 Å². The molecule has 1 aromatic carbocycles. The Bertz CT molecular complexity index is 882. The van der Waals surface area contributed by atoms with Gasteiger partial charge < -0.3 is 14.8 Å². The summed E-state index contributed by atoms with van der Waals surface area (Å²) in [7, 11) is 1.46. The van der Waals surface area contributed by atoms with Gasteiger partial charge in [-0.05, 0) is 30.7 Å². The Morgan fingerprint density at radius 3 is 2.74 bits per heavy atom. The Hall–Kier alpha value is -2.87. The van der Waals surface area contributed by atoms with Crippen LogP contribution in [0.4, 0.5) is 5.69 Å². The number of carbonyl (C=O) groups is 2. The summed E-state index contributed by atoms with van der Waals surface area (Å²) >= 11 is 5.90. The van der Waals surface area contributed by atoms with Crippen molar-refractivity contribution in [2.45, 2.75) is 26.3 Å². The van der Waals surface area contributed by atoms with E-state index in [0.717, 1.165) is 12.8 Å². The van der Waals surface area contributed by atoms with Gasteiger partial charge in [-0.3, -0.25) is 9.59 Å². The summed E-state index contributed by atoms with van der Waals surface area (Å²) in [5, 5.41) is 6.95. The third-order valence-electron chi connectivity index (χ3n) is 3.57. The molecule has 0 aliphatic heterocycles. The van der Waals surface area contributed by atoms with E-state index in [1.807, 2.05) is 6.92 Å². The molecule has 8 nitrogen and oxygen atoms in total. The standard InChI is InChI=1S/C18H20ClN3O5/c1-3-4-9-22-17(24)8-6-13(21-22)18(25)27-11-16(23)20-14-10-12(19)5-7-15(14)26-2/h5-8,10H,3-4,9,11H2,1-2H3,(H,20,23). The first kappa shape index (κ1) is 20.4. The second-order valence-corrected chi connectivity index (χ2v) is 6.04. The Morgan fingerprint density at radius 1 is 1.26 bits per heavy atom. The molecule has 144 valence electrons. The van der Waals surface area contributed by atoms with E-state index in [4.69, 9.17) is 21.1 Å². The number of aromatic nitrogens is 2. The molecule has 2 aromatic rings. The highest BCUT2D eigenvalue weighted by Crippen LogP contribution is 2.27. The van der Waals surface area contributed by atoms with Gasteiger partial charge in [0.1, 0.15) is 5.75 Å². The molecule has 1 N–H and O–H groups in total. The van der Waals surface area contributed by atoms with Gasteiger partial charge in [0.05, 0.1) is 12.8 Å². The molecule has 0 saturated carbocycles. The number of hydrogen-bond donors (Lipinski definition) is 1. The molecule has 0 aliphatic carbocycles. The number of rotatable bonds is 8. The van der Waals surface area contributed by atoms with Crippen LogP contribution in [-0.4, -0.2) is 35.4 Å². The second-order valence-electron chi connectivity index (χ2n) is 5.60. The van der Waals surface area contributed by atoms with Gasteiger partial charge >= 0.3 is 5.97 Å². The van der Waals surface area contributed by atoms with Crippen LogP contribution in [0.3, 0.4) is 0 Å². The number of nitrogens with zero attached hydrogens (tertiary/aromatic N) is 2. The van der Waals surface area contributed by atoms with Crippen molar-refractivity contribution in [2.24, 2.45) is 0 Å². The molecule has 1 amide bonds. The smallest absolute Gasteiger partial charge is 0.359 e. The number of halogens is 1. The van der Waals surface area contributed by atoms with E-state index >= 15 is 0 Å². The summed E-state index contributed by atoms with van der Waals surface area (Å²) in [6.45, 7) is 1.87. The van der Waals surface area contributed by atoms with Crippen molar-refractivity contribution >= 4 is 29.2 Å². The third kappa shape index (κ3) is 5.82. The van der Waals surface area contributed by atoms with Crippen LogP contribution < -0.4 is 15.6 Å². The van der Waals surface area contributed by atoms with Crippen molar-refractivity contribution in [1.82, 2.24) is 9.78 Å². The van der Waals surface area contributed by atoms with Crippen LogP contribution in [0.15, 0.2) is 35.1 Å². The zero-order valence-corrected chi connectivity index (χ0v) is 15.8. The van der Waals surface area contributed by atoms with Gasteiger partial charge in [0.2, 0.25) is 0 Å². The van der Waals surface area contributed by atoms with Crippen molar-refractivity contribution in [2.75, 3.05) is 19.0 Å². The lowest BCUT2D eigenvalue weighted by molar-refractivity contribution is -0.119. The zero-order chi connectivity index (χ0) is 19.8. The predicted octanol–water partition coefficient (Wildman–Crippen LogP) is 2.50. The number of unbranched alkanes of at least 4 members (excludes halogenated alkanes) is 1. The molecule has 1 heterocycles. The summed E-state index contributed by atoms with van der Waals surface area (Å²) in [5.41, 5.74) is 0.0157.